The van der Waals surface area contributed by atoms with E-state index in [-0.39, 0.29) is 52.8 Å². The predicted molar refractivity (Wildman–Crippen MR) is 173 cm³/mol. The molecule has 2 amide bonds. The normalized spacial score (nSPS) is 16.1. The van der Waals surface area contributed by atoms with Crippen LogP contribution >= 0.6 is 22.9 Å². The highest BCUT2D eigenvalue weighted by molar-refractivity contribution is 7.89. The molecule has 2 atom stereocenters. The average molecular weight is 722 g/mol. The highest BCUT2D eigenvalue weighted by Crippen LogP contribution is 2.33. The number of aromatic nitrogens is 2. The number of hydrogen-bond donors (Lipinski definition) is 3. The third-order valence-corrected chi connectivity index (χ3v) is 10.0. The quantitative estimate of drug-likeness (QED) is 0.131. The van der Waals surface area contributed by atoms with Crippen molar-refractivity contribution in [3.8, 4) is 0 Å². The molecule has 48 heavy (non-hydrogen) atoms. The second-order valence-corrected chi connectivity index (χ2v) is 13.7. The number of nitrogens with zero attached hydrogens (tertiary/aromatic N) is 3. The number of thiophene rings is 1. The Hall–Kier alpha value is -4.42. The molecule has 2 aromatic heterocycles. The molecule has 3 aromatic rings. The van der Waals surface area contributed by atoms with Gasteiger partial charge in [0.2, 0.25) is 15.6 Å². The Morgan fingerprint density at radius 1 is 1.17 bits per heavy atom. The van der Waals surface area contributed by atoms with Gasteiger partial charge >= 0.3 is 17.9 Å². The predicted octanol–water partition coefficient (Wildman–Crippen LogP) is 1.59. The van der Waals surface area contributed by atoms with Gasteiger partial charge in [-0.15, -0.1) is 11.3 Å². The zero-order valence-corrected chi connectivity index (χ0v) is 28.4. The molecule has 256 valence electrons. The zero-order chi connectivity index (χ0) is 35.2. The number of hydrogen-bond acceptors (Lipinski definition) is 12. The van der Waals surface area contributed by atoms with E-state index in [9.17, 15) is 37.5 Å². The van der Waals surface area contributed by atoms with E-state index in [1.54, 1.807) is 13.8 Å². The van der Waals surface area contributed by atoms with Crippen LogP contribution in [-0.2, 0) is 57.7 Å². The Morgan fingerprint density at radius 3 is 2.48 bits per heavy atom. The minimum atomic E-state index is -4.79. The molecule has 0 unspecified atom stereocenters. The molecule has 0 bridgehead atoms. The number of amides is 2. The first-order valence-corrected chi connectivity index (χ1v) is 17.2. The van der Waals surface area contributed by atoms with Crippen molar-refractivity contribution in [2.45, 2.75) is 43.2 Å². The van der Waals surface area contributed by atoms with Gasteiger partial charge in [0, 0.05) is 50.2 Å². The summed E-state index contributed by atoms with van der Waals surface area (Å²) in [6, 6.07) is 7.09. The van der Waals surface area contributed by atoms with Crippen molar-refractivity contribution in [1.29, 1.82) is 0 Å². The number of ether oxygens (including phenoxy) is 2. The van der Waals surface area contributed by atoms with E-state index in [0.29, 0.717) is 10.4 Å². The van der Waals surface area contributed by atoms with E-state index in [0.717, 1.165) is 17.4 Å². The molecule has 0 radical (unpaired) electrons. The van der Waals surface area contributed by atoms with Crippen molar-refractivity contribution in [2.75, 3.05) is 24.6 Å². The SMILES string of the molecule is CCOC(=O)/C=C\C(=O)OC(=O)[C@](CNC(=O)c1ccc(Cl)s1)(NS(=O)(=O)c1cccc(N2CC[C@H](O)C2=O)c1CC)c1nccn1C. The van der Waals surface area contributed by atoms with E-state index in [4.69, 9.17) is 21.1 Å². The van der Waals surface area contributed by atoms with Crippen molar-refractivity contribution in [2.24, 2.45) is 7.05 Å². The monoisotopic (exact) mass is 721 g/mol. The fraction of sp³-hybridized carbons (Fsp3) is 0.333. The Bertz CT molecular complexity index is 1870. The lowest BCUT2D eigenvalue weighted by atomic mass is 9.99. The summed E-state index contributed by atoms with van der Waals surface area (Å²) in [7, 11) is -3.34. The maximum atomic E-state index is 14.3. The molecule has 1 aliphatic heterocycles. The largest absolute Gasteiger partial charge is 0.463 e. The minimum Gasteiger partial charge on any atom is -0.463 e. The van der Waals surface area contributed by atoms with Crippen molar-refractivity contribution in [3.05, 3.63) is 75.5 Å². The molecular formula is C30H32ClN5O10S2. The summed E-state index contributed by atoms with van der Waals surface area (Å²) in [5.41, 5.74) is -2.14. The maximum absolute atomic E-state index is 14.3. The second-order valence-electron chi connectivity index (χ2n) is 10.4. The summed E-state index contributed by atoms with van der Waals surface area (Å²) in [5.74, 6) is -5.32. The highest BCUT2D eigenvalue weighted by Gasteiger charge is 2.50. The first kappa shape index (κ1) is 36.4. The van der Waals surface area contributed by atoms with Gasteiger partial charge in [0.25, 0.3) is 11.8 Å². The summed E-state index contributed by atoms with van der Waals surface area (Å²) >= 11 is 6.91. The van der Waals surface area contributed by atoms with Crippen LogP contribution in [0.3, 0.4) is 0 Å². The van der Waals surface area contributed by atoms with Crippen molar-refractivity contribution in [3.63, 3.8) is 0 Å². The standard InChI is InChI=1S/C30H32ClN5O10S2/c1-4-18-19(36-15-13-20(37)27(36)41)7-6-8-22(18)48(43,44)34-30(28-32-14-16-35(28)3,17-33-26(40)21-9-10-23(31)47-21)29(42)46-25(39)12-11-24(38)45-5-2/h6-12,14,16,20,34,37H,4-5,13,15,17H2,1-3H3,(H,33,40)/b12-11-/t20-,30+/m0/s1. The number of esters is 3. The molecule has 0 spiro atoms. The third-order valence-electron chi connectivity index (χ3n) is 7.23. The number of nitrogens with one attached hydrogen (secondary N) is 2. The smallest absolute Gasteiger partial charge is 0.345 e. The number of imidazole rings is 1. The van der Waals surface area contributed by atoms with E-state index in [1.807, 2.05) is 0 Å². The number of carbonyl (C=O) groups is 5. The van der Waals surface area contributed by atoms with Crippen LogP contribution in [0.25, 0.3) is 0 Å². The van der Waals surface area contributed by atoms with Crippen LogP contribution in [-0.4, -0.2) is 78.6 Å². The van der Waals surface area contributed by atoms with E-state index in [1.165, 1.54) is 59.2 Å². The Labute approximate surface area is 284 Å². The number of carbonyl (C=O) groups excluding carboxylic acids is 5. The number of sulfonamides is 1. The summed E-state index contributed by atoms with van der Waals surface area (Å²) < 4.78 is 42.4. The van der Waals surface area contributed by atoms with Crippen molar-refractivity contribution in [1.82, 2.24) is 19.6 Å². The summed E-state index contributed by atoms with van der Waals surface area (Å²) in [5, 5.41) is 12.5. The Balaban J connectivity index is 1.82. The molecule has 0 saturated carbocycles. The average Bonchev–Trinajstić information content (AvgIpc) is 3.77. The number of halogens is 1. The molecule has 3 heterocycles. The fourth-order valence-electron chi connectivity index (χ4n) is 5.02. The lowest BCUT2D eigenvalue weighted by molar-refractivity contribution is -0.161. The van der Waals surface area contributed by atoms with E-state index in [2.05, 4.69) is 15.0 Å². The van der Waals surface area contributed by atoms with Crippen LogP contribution < -0.4 is 14.9 Å². The molecular weight excluding hydrogens is 690 g/mol. The first-order chi connectivity index (χ1) is 22.7. The molecule has 1 fully saturated rings. The van der Waals surface area contributed by atoms with Crippen LogP contribution in [0.4, 0.5) is 5.69 Å². The number of aliphatic hydroxyl groups excluding tert-OH is 1. The molecule has 3 N–H and O–H groups in total. The minimum absolute atomic E-state index is 0.0177. The van der Waals surface area contributed by atoms with Gasteiger partial charge < -0.3 is 29.4 Å². The number of aliphatic hydroxyl groups is 1. The maximum Gasteiger partial charge on any atom is 0.345 e. The van der Waals surface area contributed by atoms with Crippen LogP contribution in [0.15, 0.2) is 59.8 Å². The van der Waals surface area contributed by atoms with Gasteiger partial charge in [0.1, 0.15) is 11.9 Å². The Morgan fingerprint density at radius 2 is 1.90 bits per heavy atom. The zero-order valence-electron chi connectivity index (χ0n) is 26.0. The molecule has 1 aliphatic rings. The highest BCUT2D eigenvalue weighted by atomic mass is 35.5. The molecule has 1 saturated heterocycles. The topological polar surface area (TPSA) is 203 Å². The van der Waals surface area contributed by atoms with E-state index >= 15 is 0 Å². The molecule has 15 nitrogen and oxygen atoms in total. The van der Waals surface area contributed by atoms with Crippen molar-refractivity contribution >= 4 is 68.4 Å². The van der Waals surface area contributed by atoms with Crippen LogP contribution in [0.2, 0.25) is 4.34 Å². The van der Waals surface area contributed by atoms with Crippen molar-refractivity contribution < 1.29 is 47.0 Å². The van der Waals surface area contributed by atoms with Crippen LogP contribution in [0.1, 0.15) is 41.3 Å². The van der Waals surface area contributed by atoms with Gasteiger partial charge in [0.05, 0.1) is 27.3 Å². The summed E-state index contributed by atoms with van der Waals surface area (Å²) in [4.78, 5) is 69.6. The number of benzene rings is 1. The lowest BCUT2D eigenvalue weighted by Crippen LogP contribution is -2.60. The molecule has 0 aliphatic carbocycles. The van der Waals surface area contributed by atoms with Gasteiger partial charge in [0.15, 0.2) is 0 Å². The number of rotatable bonds is 13. The van der Waals surface area contributed by atoms with Gasteiger partial charge in [-0.1, -0.05) is 24.6 Å². The van der Waals surface area contributed by atoms with Gasteiger partial charge in [-0.25, -0.2) is 27.8 Å². The van der Waals surface area contributed by atoms with Crippen LogP contribution in [0, 0.1) is 0 Å². The fourth-order valence-corrected chi connectivity index (χ4v) is 7.63. The molecule has 18 heteroatoms. The van der Waals surface area contributed by atoms with E-state index < -0.39 is 57.9 Å². The molecule has 1 aromatic carbocycles. The van der Waals surface area contributed by atoms with Gasteiger partial charge in [-0.2, -0.15) is 4.72 Å². The van der Waals surface area contributed by atoms with Crippen LogP contribution in [0.5, 0.6) is 0 Å². The lowest BCUT2D eigenvalue weighted by Gasteiger charge is -2.32. The number of anilines is 1. The first-order valence-electron chi connectivity index (χ1n) is 14.5. The molecule has 4 rings (SSSR count). The van der Waals surface area contributed by atoms with Gasteiger partial charge in [-0.3, -0.25) is 9.59 Å². The third kappa shape index (κ3) is 7.82. The Kier molecular flexibility index (Phi) is 11.5. The number of aryl methyl sites for hydroxylation is 1. The summed E-state index contributed by atoms with van der Waals surface area (Å²) in [6.45, 7) is 2.57. The summed E-state index contributed by atoms with van der Waals surface area (Å²) in [6.07, 6.45) is 3.03. The second kappa shape index (κ2) is 15.2. The van der Waals surface area contributed by atoms with Gasteiger partial charge in [-0.05, 0) is 43.2 Å².